The smallest absolute Gasteiger partial charge is 0.326 e. The maximum Gasteiger partial charge on any atom is 0.326 e. The average molecular weight is 282 g/mol. The van der Waals surface area contributed by atoms with E-state index in [1.54, 1.807) is 0 Å². The lowest BCUT2D eigenvalue weighted by atomic mass is 9.58. The molecule has 114 valence electrons. The molecule has 0 spiro atoms. The lowest BCUT2D eigenvalue weighted by molar-refractivity contribution is -0.155. The molecule has 0 radical (unpaired) electrons. The molecule has 6 nitrogen and oxygen atoms in total. The lowest BCUT2D eigenvalue weighted by Gasteiger charge is -2.50. The van der Waals surface area contributed by atoms with Crippen LogP contribution in [0, 0.1) is 10.8 Å². The van der Waals surface area contributed by atoms with E-state index in [9.17, 15) is 4.79 Å². The highest BCUT2D eigenvalue weighted by atomic mass is 16.5. The summed E-state index contributed by atoms with van der Waals surface area (Å²) in [6, 6.07) is 0. The minimum Gasteiger partial charge on any atom is -0.468 e. The maximum atomic E-state index is 12.3. The van der Waals surface area contributed by atoms with E-state index < -0.39 is 5.54 Å². The molecule has 0 aromatic rings. The molecule has 0 aromatic heterocycles. The second-order valence-electron chi connectivity index (χ2n) is 7.31. The molecule has 0 amide bonds. The minimum atomic E-state index is -0.690. The molecule has 6 heteroatoms. The van der Waals surface area contributed by atoms with Crippen molar-refractivity contribution in [3.63, 3.8) is 0 Å². The van der Waals surface area contributed by atoms with Gasteiger partial charge in [-0.3, -0.25) is 4.79 Å². The normalized spacial score (nSPS) is 22.6. The molecule has 0 aromatic carbocycles. The highest BCUT2D eigenvalue weighted by molar-refractivity contribution is 5.81. The summed E-state index contributed by atoms with van der Waals surface area (Å²) in [6.07, 6.45) is 2.52. The van der Waals surface area contributed by atoms with Crippen molar-refractivity contribution in [2.45, 2.75) is 52.5 Å². The van der Waals surface area contributed by atoms with Gasteiger partial charge < -0.3 is 10.1 Å². The van der Waals surface area contributed by atoms with E-state index in [-0.39, 0.29) is 16.8 Å². The van der Waals surface area contributed by atoms with Crippen LogP contribution in [0.5, 0.6) is 0 Å². The second kappa shape index (κ2) is 6.02. The van der Waals surface area contributed by atoms with Gasteiger partial charge in [-0.25, -0.2) is 0 Å². The van der Waals surface area contributed by atoms with Crippen molar-refractivity contribution in [2.24, 2.45) is 15.9 Å². The van der Waals surface area contributed by atoms with Gasteiger partial charge in [-0.1, -0.05) is 32.8 Å². The molecule has 1 rings (SSSR count). The van der Waals surface area contributed by atoms with Crippen LogP contribution in [0.3, 0.4) is 0 Å². The summed E-state index contributed by atoms with van der Waals surface area (Å²) in [5.74, 6) is -0.223. The summed E-state index contributed by atoms with van der Waals surface area (Å²) in [5, 5.41) is 6.80. The first-order valence-electron chi connectivity index (χ1n) is 7.01. The molecule has 0 aliphatic heterocycles. The van der Waals surface area contributed by atoms with Gasteiger partial charge >= 0.3 is 5.97 Å². The summed E-state index contributed by atoms with van der Waals surface area (Å²) >= 11 is 0. The molecule has 0 heterocycles. The minimum absolute atomic E-state index is 0.0570. The highest BCUT2D eigenvalue weighted by Crippen LogP contribution is 2.50. The predicted molar refractivity (Wildman–Crippen MR) is 78.2 cm³/mol. The fraction of sp³-hybridized carbons (Fsp3) is 0.929. The fourth-order valence-electron chi connectivity index (χ4n) is 4.04. The summed E-state index contributed by atoms with van der Waals surface area (Å²) in [6.45, 7) is 9.53. The van der Waals surface area contributed by atoms with Crippen molar-refractivity contribution >= 4 is 5.97 Å². The number of hydrogen-bond acceptors (Lipinski definition) is 4. The van der Waals surface area contributed by atoms with Gasteiger partial charge in [-0.05, 0) is 35.6 Å². The Morgan fingerprint density at radius 3 is 2.25 bits per heavy atom. The SMILES string of the molecule is COC(=O)C1(NCCN=[N+]=[N-])CC(C)(C)CC(C)(C)C1. The number of hydrogen-bond donors (Lipinski definition) is 1. The molecule has 20 heavy (non-hydrogen) atoms. The van der Waals surface area contributed by atoms with E-state index in [4.69, 9.17) is 10.3 Å². The third-order valence-corrected chi connectivity index (χ3v) is 3.83. The van der Waals surface area contributed by atoms with Gasteiger partial charge in [0, 0.05) is 18.0 Å². The Kier molecular flexibility index (Phi) is 5.05. The Bertz CT molecular complexity index is 395. The van der Waals surface area contributed by atoms with E-state index in [0.717, 1.165) is 19.3 Å². The molecule has 0 bridgehead atoms. The van der Waals surface area contributed by atoms with E-state index in [0.29, 0.717) is 13.1 Å². The summed E-state index contributed by atoms with van der Waals surface area (Å²) in [4.78, 5) is 15.1. The number of rotatable bonds is 5. The predicted octanol–water partition coefficient (Wildman–Crippen LogP) is 3.03. The Hall–Kier alpha value is -1.26. The maximum absolute atomic E-state index is 12.3. The third-order valence-electron chi connectivity index (χ3n) is 3.83. The number of carbonyl (C=O) groups is 1. The largest absolute Gasteiger partial charge is 0.468 e. The van der Waals surface area contributed by atoms with Crippen LogP contribution in [-0.4, -0.2) is 31.7 Å². The van der Waals surface area contributed by atoms with E-state index in [1.807, 2.05) is 0 Å². The number of azide groups is 1. The van der Waals surface area contributed by atoms with Gasteiger partial charge in [0.15, 0.2) is 0 Å². The van der Waals surface area contributed by atoms with E-state index >= 15 is 0 Å². The number of carbonyl (C=O) groups excluding carboxylic acids is 1. The quantitative estimate of drug-likeness (QED) is 0.276. The highest BCUT2D eigenvalue weighted by Gasteiger charge is 2.52. The number of nitrogens with one attached hydrogen (secondary N) is 1. The van der Waals surface area contributed by atoms with Crippen LogP contribution in [0.1, 0.15) is 47.0 Å². The lowest BCUT2D eigenvalue weighted by Crippen LogP contribution is -2.60. The molecule has 1 aliphatic carbocycles. The second-order valence-corrected chi connectivity index (χ2v) is 7.31. The Morgan fingerprint density at radius 1 is 1.25 bits per heavy atom. The Balaban J connectivity index is 2.97. The van der Waals surface area contributed by atoms with Crippen molar-refractivity contribution < 1.29 is 9.53 Å². The monoisotopic (exact) mass is 282 g/mol. The van der Waals surface area contributed by atoms with Crippen LogP contribution < -0.4 is 5.32 Å². The summed E-state index contributed by atoms with van der Waals surface area (Å²) in [7, 11) is 1.42. The summed E-state index contributed by atoms with van der Waals surface area (Å²) in [5.41, 5.74) is 7.75. The zero-order valence-electron chi connectivity index (χ0n) is 13.2. The Labute approximate surface area is 120 Å². The van der Waals surface area contributed by atoms with Crippen LogP contribution in [0.25, 0.3) is 10.4 Å². The van der Waals surface area contributed by atoms with E-state index in [1.165, 1.54) is 7.11 Å². The van der Waals surface area contributed by atoms with E-state index in [2.05, 4.69) is 43.0 Å². The van der Waals surface area contributed by atoms with Crippen molar-refractivity contribution in [3.8, 4) is 0 Å². The van der Waals surface area contributed by atoms with Gasteiger partial charge in [0.25, 0.3) is 0 Å². The van der Waals surface area contributed by atoms with Crippen LogP contribution >= 0.6 is 0 Å². The molecule has 0 saturated heterocycles. The number of ether oxygens (including phenoxy) is 1. The van der Waals surface area contributed by atoms with Gasteiger partial charge in [-0.2, -0.15) is 0 Å². The molecule has 1 saturated carbocycles. The molecule has 1 fully saturated rings. The van der Waals surface area contributed by atoms with Crippen LogP contribution in [0.2, 0.25) is 0 Å². The van der Waals surface area contributed by atoms with Crippen LogP contribution in [-0.2, 0) is 9.53 Å². The number of esters is 1. The number of methoxy groups -OCH3 is 1. The molecular weight excluding hydrogens is 256 g/mol. The first-order chi connectivity index (χ1) is 9.16. The van der Waals surface area contributed by atoms with Gasteiger partial charge in [0.2, 0.25) is 0 Å². The van der Waals surface area contributed by atoms with Crippen molar-refractivity contribution in [3.05, 3.63) is 10.4 Å². The Morgan fingerprint density at radius 2 is 1.80 bits per heavy atom. The third kappa shape index (κ3) is 4.12. The average Bonchev–Trinajstić information content (AvgIpc) is 2.29. The van der Waals surface area contributed by atoms with Gasteiger partial charge in [-0.15, -0.1) is 0 Å². The first kappa shape index (κ1) is 16.8. The summed E-state index contributed by atoms with van der Waals surface area (Å²) < 4.78 is 5.03. The standard InChI is InChI=1S/C14H26N4O2/c1-12(2)8-13(3,4)10-14(9-12,11(19)20-5)16-6-7-17-18-15/h16H,6-10H2,1-5H3. The van der Waals surface area contributed by atoms with Crippen molar-refractivity contribution in [1.29, 1.82) is 0 Å². The van der Waals surface area contributed by atoms with Crippen molar-refractivity contribution in [2.75, 3.05) is 20.2 Å². The number of nitrogens with zero attached hydrogens (tertiary/aromatic N) is 3. The molecule has 1 N–H and O–H groups in total. The molecule has 0 atom stereocenters. The molecule has 1 aliphatic rings. The zero-order chi connectivity index (χ0) is 15.4. The van der Waals surface area contributed by atoms with Crippen molar-refractivity contribution in [1.82, 2.24) is 5.32 Å². The van der Waals surface area contributed by atoms with Crippen LogP contribution in [0.4, 0.5) is 0 Å². The fourth-order valence-corrected chi connectivity index (χ4v) is 4.04. The first-order valence-corrected chi connectivity index (χ1v) is 7.01. The van der Waals surface area contributed by atoms with Crippen LogP contribution in [0.15, 0.2) is 5.11 Å². The zero-order valence-corrected chi connectivity index (χ0v) is 13.2. The molecular formula is C14H26N4O2. The van der Waals surface area contributed by atoms with Gasteiger partial charge in [0.05, 0.1) is 7.11 Å². The van der Waals surface area contributed by atoms with Gasteiger partial charge in [0.1, 0.15) is 5.54 Å². The molecule has 0 unspecified atom stereocenters. The topological polar surface area (TPSA) is 87.1 Å².